The van der Waals surface area contributed by atoms with Crippen LogP contribution in [-0.4, -0.2) is 26.7 Å². The normalized spacial score (nSPS) is 20.3. The van der Waals surface area contributed by atoms with Gasteiger partial charge in [-0.3, -0.25) is 0 Å². The number of hydrogen-bond acceptors (Lipinski definition) is 1. The molecule has 4 heteroatoms. The van der Waals surface area contributed by atoms with Crippen molar-refractivity contribution in [1.82, 2.24) is 4.48 Å². The number of nitrogens with zero attached hydrogens (tertiary/aromatic N) is 1. The van der Waals surface area contributed by atoms with Gasteiger partial charge in [0.1, 0.15) is 8.24 Å². The molecule has 0 unspecified atom stereocenters. The molecular formula is C10H21BClNSi. The van der Waals surface area contributed by atoms with Crippen molar-refractivity contribution in [2.45, 2.75) is 45.2 Å². The van der Waals surface area contributed by atoms with Crippen molar-refractivity contribution < 1.29 is 0 Å². The average Bonchev–Trinajstić information content (AvgIpc) is 2.02. The van der Waals surface area contributed by atoms with Gasteiger partial charge >= 0.3 is 0 Å². The van der Waals surface area contributed by atoms with Crippen LogP contribution in [0.25, 0.3) is 0 Å². The van der Waals surface area contributed by atoms with Crippen molar-refractivity contribution in [2.24, 2.45) is 0 Å². The summed E-state index contributed by atoms with van der Waals surface area (Å²) in [4.78, 5) is 0. The van der Waals surface area contributed by atoms with Gasteiger partial charge in [-0.2, -0.15) is 0 Å². The molecule has 1 heterocycles. The summed E-state index contributed by atoms with van der Waals surface area (Å²) in [6.45, 7) is 12.9. The summed E-state index contributed by atoms with van der Waals surface area (Å²) in [6, 6.07) is 0. The third-order valence-electron chi connectivity index (χ3n) is 3.73. The highest BCUT2D eigenvalue weighted by Crippen LogP contribution is 2.39. The van der Waals surface area contributed by atoms with Crippen molar-refractivity contribution in [3.63, 3.8) is 0 Å². The fourth-order valence-corrected chi connectivity index (χ4v) is 4.21. The lowest BCUT2D eigenvalue weighted by Crippen LogP contribution is -2.57. The van der Waals surface area contributed by atoms with Gasteiger partial charge in [-0.25, -0.2) is 0 Å². The third-order valence-corrected chi connectivity index (χ3v) is 9.64. The number of hydrogen-bond donors (Lipinski definition) is 0. The highest BCUT2D eigenvalue weighted by atomic mass is 35.5. The highest BCUT2D eigenvalue weighted by Gasteiger charge is 2.41. The second kappa shape index (κ2) is 4.03. The molecule has 0 saturated heterocycles. The van der Waals surface area contributed by atoms with Crippen LogP contribution in [0.3, 0.4) is 0 Å². The second-order valence-electron chi connectivity index (χ2n) is 5.67. The molecule has 0 amide bonds. The largest absolute Gasteiger partial charge is 0.363 e. The van der Waals surface area contributed by atoms with E-state index in [1.807, 2.05) is 0 Å². The van der Waals surface area contributed by atoms with E-state index in [0.29, 0.717) is 5.04 Å². The van der Waals surface area contributed by atoms with E-state index < -0.39 is 8.24 Å². The van der Waals surface area contributed by atoms with Crippen LogP contribution in [0.4, 0.5) is 0 Å². The van der Waals surface area contributed by atoms with E-state index in [2.05, 4.69) is 44.4 Å². The molecule has 0 spiro atoms. The van der Waals surface area contributed by atoms with Crippen LogP contribution in [-0.2, 0) is 0 Å². The molecule has 1 rings (SSSR count). The minimum Gasteiger partial charge on any atom is -0.363 e. The van der Waals surface area contributed by atoms with E-state index >= 15 is 0 Å². The first-order chi connectivity index (χ1) is 6.25. The van der Waals surface area contributed by atoms with Gasteiger partial charge in [0.05, 0.1) is 0 Å². The maximum atomic E-state index is 6.11. The van der Waals surface area contributed by atoms with Gasteiger partial charge in [0.2, 0.25) is 7.41 Å². The van der Waals surface area contributed by atoms with Gasteiger partial charge in [-0.1, -0.05) is 51.5 Å². The topological polar surface area (TPSA) is 3.24 Å². The second-order valence-corrected chi connectivity index (χ2v) is 11.4. The third kappa shape index (κ3) is 2.44. The Kier molecular flexibility index (Phi) is 3.55. The highest BCUT2D eigenvalue weighted by molar-refractivity contribution is 6.82. The van der Waals surface area contributed by atoms with Crippen LogP contribution in [0, 0.1) is 0 Å². The first-order valence-corrected chi connectivity index (χ1v) is 8.67. The van der Waals surface area contributed by atoms with E-state index in [-0.39, 0.29) is 0 Å². The molecule has 1 aliphatic heterocycles. The van der Waals surface area contributed by atoms with E-state index in [1.54, 1.807) is 0 Å². The Bertz CT molecular complexity index is 245. The fourth-order valence-electron chi connectivity index (χ4n) is 1.65. The van der Waals surface area contributed by atoms with Crippen LogP contribution < -0.4 is 0 Å². The van der Waals surface area contributed by atoms with Gasteiger partial charge in [-0.05, 0) is 11.4 Å². The zero-order chi connectivity index (χ0) is 11.0. The maximum absolute atomic E-state index is 6.11. The van der Waals surface area contributed by atoms with Crippen molar-refractivity contribution in [2.75, 3.05) is 6.54 Å². The summed E-state index contributed by atoms with van der Waals surface area (Å²) in [5.41, 5.74) is 0. The quantitative estimate of drug-likeness (QED) is 0.624. The van der Waals surface area contributed by atoms with Gasteiger partial charge in [0.15, 0.2) is 0 Å². The molecule has 80 valence electrons. The minimum absolute atomic E-state index is 0.418. The Morgan fingerprint density at radius 1 is 1.43 bits per heavy atom. The SMILES string of the molecule is CC(C)(C)[Si](C)(C)N1BCC=C(Cl)C1. The Labute approximate surface area is 94.9 Å². The van der Waals surface area contributed by atoms with Crippen molar-refractivity contribution >= 4 is 27.3 Å². The summed E-state index contributed by atoms with van der Waals surface area (Å²) in [7, 11) is -0.151. The van der Waals surface area contributed by atoms with Gasteiger partial charge in [-0.15, -0.1) is 0 Å². The maximum Gasteiger partial charge on any atom is 0.201 e. The minimum atomic E-state index is -1.34. The number of halogens is 1. The fraction of sp³-hybridized carbons (Fsp3) is 0.800. The van der Waals surface area contributed by atoms with Crippen LogP contribution in [0.2, 0.25) is 24.5 Å². The van der Waals surface area contributed by atoms with E-state index in [0.717, 1.165) is 17.9 Å². The summed E-state index contributed by atoms with van der Waals surface area (Å²) >= 11 is 6.11. The summed E-state index contributed by atoms with van der Waals surface area (Å²) in [5.74, 6) is 0. The molecule has 0 fully saturated rings. The Morgan fingerprint density at radius 2 is 2.00 bits per heavy atom. The Hall–Kier alpha value is 0.272. The molecule has 0 saturated carbocycles. The summed E-state index contributed by atoms with van der Waals surface area (Å²) in [6.07, 6.45) is 3.27. The summed E-state index contributed by atoms with van der Waals surface area (Å²) in [5, 5.41) is 1.45. The lowest BCUT2D eigenvalue weighted by molar-refractivity contribution is 0.599. The molecule has 0 N–H and O–H groups in total. The van der Waals surface area contributed by atoms with E-state index in [4.69, 9.17) is 11.6 Å². The zero-order valence-electron chi connectivity index (χ0n) is 10.0. The molecule has 0 aromatic carbocycles. The Morgan fingerprint density at radius 3 is 2.43 bits per heavy atom. The van der Waals surface area contributed by atoms with Gasteiger partial charge < -0.3 is 4.48 Å². The molecule has 0 bridgehead atoms. The molecule has 1 aliphatic rings. The van der Waals surface area contributed by atoms with Crippen molar-refractivity contribution in [3.8, 4) is 0 Å². The van der Waals surface area contributed by atoms with Gasteiger partial charge in [0, 0.05) is 11.6 Å². The molecule has 0 atom stereocenters. The molecule has 14 heavy (non-hydrogen) atoms. The van der Waals surface area contributed by atoms with E-state index in [1.165, 1.54) is 7.41 Å². The smallest absolute Gasteiger partial charge is 0.201 e. The lowest BCUT2D eigenvalue weighted by atomic mass is 9.86. The predicted molar refractivity (Wildman–Crippen MR) is 69.8 cm³/mol. The lowest BCUT2D eigenvalue weighted by Gasteiger charge is -2.47. The number of rotatable bonds is 1. The van der Waals surface area contributed by atoms with Crippen LogP contribution in [0.5, 0.6) is 0 Å². The standard InChI is InChI=1S/C10H21BClNSi/c1-10(2,3)14(4,5)13-8-9(12)6-7-11-13/h6,11H,7-8H2,1-5H3. The molecule has 0 radical (unpaired) electrons. The molecule has 1 nitrogen and oxygen atoms in total. The first-order valence-electron chi connectivity index (χ1n) is 5.35. The van der Waals surface area contributed by atoms with Crippen LogP contribution >= 0.6 is 11.6 Å². The number of allylic oxidation sites excluding steroid dienone is 1. The van der Waals surface area contributed by atoms with Crippen molar-refractivity contribution in [1.29, 1.82) is 0 Å². The molecule has 0 aromatic heterocycles. The van der Waals surface area contributed by atoms with Crippen LogP contribution in [0.1, 0.15) is 20.8 Å². The average molecular weight is 230 g/mol. The molecule has 0 aliphatic carbocycles. The monoisotopic (exact) mass is 229 g/mol. The predicted octanol–water partition coefficient (Wildman–Crippen LogP) is 3.20. The summed E-state index contributed by atoms with van der Waals surface area (Å²) < 4.78 is 2.62. The molecule has 0 aromatic rings. The first kappa shape index (κ1) is 12.3. The van der Waals surface area contributed by atoms with Crippen molar-refractivity contribution in [3.05, 3.63) is 11.1 Å². The Balaban J connectivity index is 2.79. The zero-order valence-corrected chi connectivity index (χ0v) is 11.8. The van der Waals surface area contributed by atoms with Crippen LogP contribution in [0.15, 0.2) is 11.1 Å². The van der Waals surface area contributed by atoms with E-state index in [9.17, 15) is 0 Å². The van der Waals surface area contributed by atoms with Gasteiger partial charge in [0.25, 0.3) is 0 Å². The molecular weight excluding hydrogens is 208 g/mol.